The molecule has 0 aromatic carbocycles. The van der Waals surface area contributed by atoms with Gasteiger partial charge < -0.3 is 10.5 Å². The number of alkyl halides is 3. The molecule has 100 valence electrons. The van der Waals surface area contributed by atoms with E-state index in [-0.39, 0.29) is 5.92 Å². The van der Waals surface area contributed by atoms with E-state index in [9.17, 15) is 22.8 Å². The molecule has 0 rings (SSSR count). The Morgan fingerprint density at radius 1 is 1.18 bits per heavy atom. The van der Waals surface area contributed by atoms with Gasteiger partial charge in [0.15, 0.2) is 5.60 Å². The summed E-state index contributed by atoms with van der Waals surface area (Å²) in [5.41, 5.74) is 3.15. The number of nitrogens with two attached hydrogens (primary N) is 1. The van der Waals surface area contributed by atoms with E-state index in [2.05, 4.69) is 4.74 Å². The monoisotopic (exact) mass is 255 g/mol. The highest BCUT2D eigenvalue weighted by Crippen LogP contribution is 2.26. The number of hydrogen-bond donors (Lipinski definition) is 1. The number of ketones is 1. The maximum Gasteiger partial charge on any atom is 0.454 e. The molecule has 7 heteroatoms. The summed E-state index contributed by atoms with van der Waals surface area (Å²) in [6, 6.07) is -1.06. The van der Waals surface area contributed by atoms with E-state index in [4.69, 9.17) is 5.73 Å². The van der Waals surface area contributed by atoms with Crippen molar-refractivity contribution in [1.82, 2.24) is 0 Å². The molecule has 1 unspecified atom stereocenters. The van der Waals surface area contributed by atoms with Gasteiger partial charge in [-0.05, 0) is 19.8 Å². The van der Waals surface area contributed by atoms with Crippen LogP contribution in [0, 0.1) is 5.92 Å². The van der Waals surface area contributed by atoms with E-state index in [1.807, 2.05) is 0 Å². The lowest BCUT2D eigenvalue weighted by Crippen LogP contribution is -2.49. The number of carbonyl (C=O) groups is 2. The van der Waals surface area contributed by atoms with Crippen molar-refractivity contribution in [1.29, 1.82) is 0 Å². The third-order valence-corrected chi connectivity index (χ3v) is 2.15. The highest BCUT2D eigenvalue weighted by molar-refractivity contribution is 5.93. The van der Waals surface area contributed by atoms with Gasteiger partial charge in [0.1, 0.15) is 6.04 Å². The molecule has 17 heavy (non-hydrogen) atoms. The standard InChI is InChI=1S/C10H16F3NO3/c1-5(2)6(14)7(15)17-9(3,4)8(16)10(11,12)13/h5-6H,14H2,1-4H3. The van der Waals surface area contributed by atoms with Gasteiger partial charge >= 0.3 is 12.1 Å². The molecule has 1 atom stereocenters. The fourth-order valence-electron chi connectivity index (χ4n) is 0.979. The number of ether oxygens (including phenoxy) is 1. The second-order valence-electron chi connectivity index (χ2n) is 4.53. The van der Waals surface area contributed by atoms with Crippen LogP contribution < -0.4 is 5.73 Å². The molecule has 0 spiro atoms. The molecule has 4 nitrogen and oxygen atoms in total. The topological polar surface area (TPSA) is 69.4 Å². The molecular formula is C10H16F3NO3. The summed E-state index contributed by atoms with van der Waals surface area (Å²) in [6.07, 6.45) is -5.05. The van der Waals surface area contributed by atoms with Crippen molar-refractivity contribution in [3.05, 3.63) is 0 Å². The van der Waals surface area contributed by atoms with E-state index >= 15 is 0 Å². The molecule has 0 saturated carbocycles. The zero-order chi connectivity index (χ0) is 14.0. The second kappa shape index (κ2) is 5.03. The van der Waals surface area contributed by atoms with E-state index in [1.54, 1.807) is 13.8 Å². The smallest absolute Gasteiger partial charge is 0.450 e. The van der Waals surface area contributed by atoms with Crippen LogP contribution in [-0.2, 0) is 14.3 Å². The number of Topliss-reactive ketones (excluding diaryl/α,β-unsaturated/α-hetero) is 1. The van der Waals surface area contributed by atoms with Crippen molar-refractivity contribution < 1.29 is 27.5 Å². The molecule has 0 heterocycles. The number of esters is 1. The van der Waals surface area contributed by atoms with Crippen molar-refractivity contribution in [2.75, 3.05) is 0 Å². The zero-order valence-corrected chi connectivity index (χ0v) is 10.1. The minimum absolute atomic E-state index is 0.292. The second-order valence-corrected chi connectivity index (χ2v) is 4.53. The molecule has 0 bridgehead atoms. The van der Waals surface area contributed by atoms with Gasteiger partial charge in [-0.2, -0.15) is 13.2 Å². The van der Waals surface area contributed by atoms with Crippen molar-refractivity contribution >= 4 is 11.8 Å². The largest absolute Gasteiger partial charge is 0.454 e. The molecule has 0 aromatic rings. The van der Waals surface area contributed by atoms with Crippen LogP contribution in [0.3, 0.4) is 0 Å². The number of rotatable bonds is 4. The molecule has 0 aliphatic heterocycles. The van der Waals surface area contributed by atoms with E-state index in [0.29, 0.717) is 0 Å². The van der Waals surface area contributed by atoms with Crippen LogP contribution in [0.2, 0.25) is 0 Å². The Bertz CT molecular complexity index is 310. The lowest BCUT2D eigenvalue weighted by atomic mass is 10.0. The summed E-state index contributed by atoms with van der Waals surface area (Å²) >= 11 is 0. The van der Waals surface area contributed by atoms with Gasteiger partial charge in [0.25, 0.3) is 5.78 Å². The van der Waals surface area contributed by atoms with Gasteiger partial charge in [0.2, 0.25) is 0 Å². The number of halogens is 3. The van der Waals surface area contributed by atoms with E-state index in [1.165, 1.54) is 0 Å². The van der Waals surface area contributed by atoms with Gasteiger partial charge in [-0.3, -0.25) is 9.59 Å². The average Bonchev–Trinajstić information content (AvgIpc) is 2.12. The summed E-state index contributed by atoms with van der Waals surface area (Å²) in [6.45, 7) is 5.00. The maximum absolute atomic E-state index is 12.2. The van der Waals surface area contributed by atoms with Gasteiger partial charge in [-0.15, -0.1) is 0 Å². The van der Waals surface area contributed by atoms with Crippen LogP contribution in [0.15, 0.2) is 0 Å². The highest BCUT2D eigenvalue weighted by Gasteiger charge is 2.50. The van der Waals surface area contributed by atoms with Crippen molar-refractivity contribution in [3.8, 4) is 0 Å². The SMILES string of the molecule is CC(C)C(N)C(=O)OC(C)(C)C(=O)C(F)(F)F. The Morgan fingerprint density at radius 3 is 1.88 bits per heavy atom. The van der Waals surface area contributed by atoms with E-state index < -0.39 is 29.6 Å². The summed E-state index contributed by atoms with van der Waals surface area (Å²) in [5.74, 6) is -3.43. The molecule has 0 saturated heterocycles. The maximum atomic E-state index is 12.2. The van der Waals surface area contributed by atoms with Gasteiger partial charge in [0.05, 0.1) is 0 Å². The molecule has 0 amide bonds. The molecule has 0 radical (unpaired) electrons. The third-order valence-electron chi connectivity index (χ3n) is 2.15. The molecule has 0 aromatic heterocycles. The van der Waals surface area contributed by atoms with Crippen molar-refractivity contribution in [3.63, 3.8) is 0 Å². The first kappa shape index (κ1) is 15.9. The normalized spacial score (nSPS) is 14.6. The first-order valence-corrected chi connectivity index (χ1v) is 4.99. The Hall–Kier alpha value is -1.11. The fourth-order valence-corrected chi connectivity index (χ4v) is 0.979. The van der Waals surface area contributed by atoms with Gasteiger partial charge in [-0.25, -0.2) is 0 Å². The van der Waals surface area contributed by atoms with Gasteiger partial charge in [-0.1, -0.05) is 13.8 Å². The highest BCUT2D eigenvalue weighted by atomic mass is 19.4. The Kier molecular flexibility index (Phi) is 4.70. The van der Waals surface area contributed by atoms with Crippen LogP contribution >= 0.6 is 0 Å². The summed E-state index contributed by atoms with van der Waals surface area (Å²) in [4.78, 5) is 22.3. The zero-order valence-electron chi connectivity index (χ0n) is 10.1. The van der Waals surface area contributed by atoms with Crippen LogP contribution in [0.5, 0.6) is 0 Å². The molecule has 0 aliphatic carbocycles. The lowest BCUT2D eigenvalue weighted by molar-refractivity contribution is -0.195. The average molecular weight is 255 g/mol. The Balaban J connectivity index is 4.78. The van der Waals surface area contributed by atoms with Crippen LogP contribution in [0.4, 0.5) is 13.2 Å². The minimum atomic E-state index is -5.05. The lowest BCUT2D eigenvalue weighted by Gasteiger charge is -2.26. The quantitative estimate of drug-likeness (QED) is 0.771. The predicted octanol–water partition coefficient (Wildman–Crippen LogP) is 1.42. The minimum Gasteiger partial charge on any atom is -0.450 e. The Labute approximate surface area is 97.3 Å². The van der Waals surface area contributed by atoms with E-state index in [0.717, 1.165) is 13.8 Å². The summed E-state index contributed by atoms with van der Waals surface area (Å²) < 4.78 is 41.1. The van der Waals surface area contributed by atoms with Crippen LogP contribution in [-0.4, -0.2) is 29.6 Å². The summed E-state index contributed by atoms with van der Waals surface area (Å²) in [7, 11) is 0. The first-order chi connectivity index (χ1) is 7.39. The van der Waals surface area contributed by atoms with Crippen LogP contribution in [0.1, 0.15) is 27.7 Å². The van der Waals surface area contributed by atoms with Gasteiger partial charge in [0, 0.05) is 0 Å². The Morgan fingerprint density at radius 2 is 1.59 bits per heavy atom. The van der Waals surface area contributed by atoms with Crippen molar-refractivity contribution in [2.24, 2.45) is 11.7 Å². The van der Waals surface area contributed by atoms with Crippen LogP contribution in [0.25, 0.3) is 0 Å². The predicted molar refractivity (Wildman–Crippen MR) is 54.0 cm³/mol. The summed E-state index contributed by atoms with van der Waals surface area (Å²) in [5, 5.41) is 0. The fraction of sp³-hybridized carbons (Fsp3) is 0.800. The first-order valence-electron chi connectivity index (χ1n) is 4.99. The molecule has 0 fully saturated rings. The van der Waals surface area contributed by atoms with Crippen molar-refractivity contribution in [2.45, 2.75) is 45.5 Å². The molecule has 0 aliphatic rings. The third kappa shape index (κ3) is 4.33. The number of hydrogen-bond acceptors (Lipinski definition) is 4. The molecule has 2 N–H and O–H groups in total. The number of carbonyl (C=O) groups excluding carboxylic acids is 2. The molecular weight excluding hydrogens is 239 g/mol.